The Morgan fingerprint density at radius 2 is 2.19 bits per heavy atom. The summed E-state index contributed by atoms with van der Waals surface area (Å²) in [6.45, 7) is 2.07. The van der Waals surface area contributed by atoms with Gasteiger partial charge >= 0.3 is 0 Å². The number of hydrogen-bond acceptors (Lipinski definition) is 6. The van der Waals surface area contributed by atoms with Crippen molar-refractivity contribution < 1.29 is 8.42 Å². The van der Waals surface area contributed by atoms with Crippen LogP contribution in [0.3, 0.4) is 0 Å². The van der Waals surface area contributed by atoms with Crippen LogP contribution in [0.25, 0.3) is 33.0 Å². The summed E-state index contributed by atoms with van der Waals surface area (Å²) >= 11 is 0. The number of H-pyrrole nitrogens is 2. The molecule has 0 atom stereocenters. The van der Waals surface area contributed by atoms with Gasteiger partial charge in [0.15, 0.2) is 5.65 Å². The van der Waals surface area contributed by atoms with Crippen LogP contribution < -0.4 is 0 Å². The van der Waals surface area contributed by atoms with Crippen molar-refractivity contribution in [3.05, 3.63) is 18.6 Å². The summed E-state index contributed by atoms with van der Waals surface area (Å²) in [6.07, 6.45) is 3.50. The van der Waals surface area contributed by atoms with E-state index in [1.165, 1.54) is 4.31 Å². The second-order valence-corrected chi connectivity index (χ2v) is 9.11. The first-order valence-corrected chi connectivity index (χ1v) is 10.1. The Bertz CT molecular complexity index is 1330. The average Bonchev–Trinajstić information content (AvgIpc) is 3.24. The molecule has 1 aliphatic heterocycles. The second kappa shape index (κ2) is 5.28. The van der Waals surface area contributed by atoms with E-state index in [0.717, 1.165) is 21.8 Å². The van der Waals surface area contributed by atoms with Crippen LogP contribution in [0, 0.1) is 11.3 Å². The molecule has 3 aromatic heterocycles. The molecule has 0 amide bonds. The minimum Gasteiger partial charge on any atom is -0.344 e. The van der Waals surface area contributed by atoms with Gasteiger partial charge < -0.3 is 4.98 Å². The highest BCUT2D eigenvalue weighted by Gasteiger charge is 2.50. The van der Waals surface area contributed by atoms with Crippen LogP contribution in [0.15, 0.2) is 18.6 Å². The maximum absolute atomic E-state index is 12.1. The SMILES string of the molecule is CCS(=O)(=O)N1CC(CC#N)(n2nc3c(cc4cnc5nc[nH]c3c45)[nH]2)C1. The van der Waals surface area contributed by atoms with Gasteiger partial charge in [-0.25, -0.2) is 18.4 Å². The lowest BCUT2D eigenvalue weighted by Gasteiger charge is -2.47. The highest BCUT2D eigenvalue weighted by atomic mass is 32.2. The molecule has 138 valence electrons. The van der Waals surface area contributed by atoms with Crippen molar-refractivity contribution in [2.75, 3.05) is 18.8 Å². The van der Waals surface area contributed by atoms with Crippen molar-refractivity contribution in [1.29, 1.82) is 5.26 Å². The van der Waals surface area contributed by atoms with Crippen LogP contribution >= 0.6 is 0 Å². The van der Waals surface area contributed by atoms with Gasteiger partial charge in [0, 0.05) is 24.7 Å². The third kappa shape index (κ3) is 2.14. The number of nitriles is 1. The highest BCUT2D eigenvalue weighted by Crippen LogP contribution is 2.36. The molecule has 0 radical (unpaired) electrons. The first-order chi connectivity index (χ1) is 13.0. The zero-order valence-corrected chi connectivity index (χ0v) is 15.3. The fourth-order valence-electron chi connectivity index (χ4n) is 3.74. The van der Waals surface area contributed by atoms with Gasteiger partial charge in [0.1, 0.15) is 11.1 Å². The molecule has 2 N–H and O–H groups in total. The van der Waals surface area contributed by atoms with Crippen molar-refractivity contribution in [2.24, 2.45) is 0 Å². The van der Waals surface area contributed by atoms with E-state index in [9.17, 15) is 13.7 Å². The zero-order valence-electron chi connectivity index (χ0n) is 14.5. The second-order valence-electron chi connectivity index (χ2n) is 6.85. The Morgan fingerprint density at radius 3 is 2.93 bits per heavy atom. The predicted octanol–water partition coefficient (Wildman–Crippen LogP) is 1.06. The number of fused-ring (bicyclic) bond motifs is 2. The van der Waals surface area contributed by atoms with Gasteiger partial charge in [0.25, 0.3) is 0 Å². The topological polar surface area (TPSA) is 136 Å². The third-order valence-corrected chi connectivity index (χ3v) is 7.03. The number of aromatic amines is 2. The molecule has 0 aliphatic carbocycles. The van der Waals surface area contributed by atoms with Crippen molar-refractivity contribution >= 4 is 43.0 Å². The lowest BCUT2D eigenvalue weighted by atomic mass is 9.90. The highest BCUT2D eigenvalue weighted by molar-refractivity contribution is 7.89. The number of hydrogen-bond donors (Lipinski definition) is 2. The van der Waals surface area contributed by atoms with E-state index in [-0.39, 0.29) is 25.3 Å². The van der Waals surface area contributed by atoms with E-state index in [0.29, 0.717) is 11.2 Å². The minimum atomic E-state index is -3.29. The molecule has 11 heteroatoms. The zero-order chi connectivity index (χ0) is 18.8. The van der Waals surface area contributed by atoms with E-state index < -0.39 is 15.6 Å². The quantitative estimate of drug-likeness (QED) is 0.540. The molecule has 1 aromatic carbocycles. The summed E-state index contributed by atoms with van der Waals surface area (Å²) in [6, 6.07) is 4.11. The maximum atomic E-state index is 12.1. The van der Waals surface area contributed by atoms with Gasteiger partial charge in [0.05, 0.1) is 41.0 Å². The first-order valence-electron chi connectivity index (χ1n) is 8.52. The van der Waals surface area contributed by atoms with Gasteiger partial charge in [-0.05, 0) is 13.0 Å². The van der Waals surface area contributed by atoms with E-state index in [4.69, 9.17) is 0 Å². The Balaban J connectivity index is 1.66. The number of rotatable bonds is 4. The molecule has 0 unspecified atom stereocenters. The lowest BCUT2D eigenvalue weighted by Crippen LogP contribution is -2.64. The molecule has 0 bridgehead atoms. The number of nitrogens with zero attached hydrogens (tertiary/aromatic N) is 6. The van der Waals surface area contributed by atoms with Crippen molar-refractivity contribution in [1.82, 2.24) is 34.3 Å². The van der Waals surface area contributed by atoms with Crippen LogP contribution in [-0.4, -0.2) is 61.5 Å². The minimum absolute atomic E-state index is 0.0402. The molecule has 5 rings (SSSR count). The van der Waals surface area contributed by atoms with Crippen molar-refractivity contribution in [3.8, 4) is 6.07 Å². The van der Waals surface area contributed by atoms with Crippen LogP contribution in [-0.2, 0) is 15.6 Å². The average molecular weight is 384 g/mol. The molecule has 4 aromatic rings. The molecule has 1 saturated heterocycles. The molecule has 4 heterocycles. The fraction of sp³-hybridized carbons (Fsp3) is 0.375. The fourth-order valence-corrected chi connectivity index (χ4v) is 4.98. The van der Waals surface area contributed by atoms with Gasteiger partial charge in [-0.2, -0.15) is 19.5 Å². The monoisotopic (exact) mass is 384 g/mol. The van der Waals surface area contributed by atoms with Crippen LogP contribution in [0.5, 0.6) is 0 Å². The van der Waals surface area contributed by atoms with Gasteiger partial charge in [-0.15, -0.1) is 0 Å². The smallest absolute Gasteiger partial charge is 0.213 e. The summed E-state index contributed by atoms with van der Waals surface area (Å²) in [4.78, 5) is 13.3. The van der Waals surface area contributed by atoms with Crippen LogP contribution in [0.1, 0.15) is 13.3 Å². The Labute approximate surface area is 153 Å². The summed E-state index contributed by atoms with van der Waals surface area (Å²) in [7, 11) is -3.29. The first kappa shape index (κ1) is 16.2. The summed E-state index contributed by atoms with van der Waals surface area (Å²) < 4.78 is 25.6. The van der Waals surface area contributed by atoms with Gasteiger partial charge in [-0.1, -0.05) is 0 Å². The van der Waals surface area contributed by atoms with Gasteiger partial charge in [-0.3, -0.25) is 5.10 Å². The largest absolute Gasteiger partial charge is 0.344 e. The Hall–Kier alpha value is -2.97. The number of aromatic nitrogens is 6. The van der Waals surface area contributed by atoms with E-state index in [1.54, 1.807) is 24.2 Å². The normalized spacial score (nSPS) is 17.5. The predicted molar refractivity (Wildman–Crippen MR) is 98.3 cm³/mol. The molecular weight excluding hydrogens is 368 g/mol. The van der Waals surface area contributed by atoms with E-state index in [1.807, 2.05) is 6.07 Å². The van der Waals surface area contributed by atoms with Crippen LogP contribution in [0.2, 0.25) is 0 Å². The van der Waals surface area contributed by atoms with Gasteiger partial charge in [0.2, 0.25) is 10.0 Å². The van der Waals surface area contributed by atoms with E-state index >= 15 is 0 Å². The molecule has 0 saturated carbocycles. The molecule has 0 spiro atoms. The van der Waals surface area contributed by atoms with Crippen LogP contribution in [0.4, 0.5) is 0 Å². The molecule has 27 heavy (non-hydrogen) atoms. The molecular formula is C16H16N8O2S. The molecule has 10 nitrogen and oxygen atoms in total. The number of benzene rings is 1. The standard InChI is InChI=1S/C16H16N8O2S/c1-2-27(25,26)23-7-16(8-23,3-4-17)24-21-11-5-10-6-18-15-12(10)14(13(11)22-24)19-9-20-15/h5-6,9,21H,2-3,7-8H2,1H3,(H,18,19,20). The van der Waals surface area contributed by atoms with E-state index in [2.05, 4.69) is 31.2 Å². The summed E-state index contributed by atoms with van der Waals surface area (Å²) in [5.41, 5.74) is 2.25. The Morgan fingerprint density at radius 1 is 1.37 bits per heavy atom. The van der Waals surface area contributed by atoms with Crippen molar-refractivity contribution in [3.63, 3.8) is 0 Å². The Kier molecular flexibility index (Phi) is 3.17. The van der Waals surface area contributed by atoms with Crippen molar-refractivity contribution in [2.45, 2.75) is 18.9 Å². The molecule has 1 aliphatic rings. The lowest BCUT2D eigenvalue weighted by molar-refractivity contribution is 0.0584. The third-order valence-electron chi connectivity index (χ3n) is 5.26. The molecule has 1 fully saturated rings. The maximum Gasteiger partial charge on any atom is 0.213 e. The summed E-state index contributed by atoms with van der Waals surface area (Å²) in [5.74, 6) is 0.0402. The summed E-state index contributed by atoms with van der Waals surface area (Å²) in [5, 5.41) is 19.1. The number of sulfonamides is 1. The number of nitrogens with one attached hydrogen (secondary N) is 2.